The van der Waals surface area contributed by atoms with Crippen molar-refractivity contribution in [3.8, 4) is 0 Å². The van der Waals surface area contributed by atoms with Gasteiger partial charge in [0.15, 0.2) is 5.69 Å². The first-order valence-electron chi connectivity index (χ1n) is 6.03. The van der Waals surface area contributed by atoms with E-state index in [9.17, 15) is 4.79 Å². The molecule has 2 aromatic rings. The van der Waals surface area contributed by atoms with Crippen molar-refractivity contribution >= 4 is 11.6 Å². The molecule has 0 fully saturated rings. The fourth-order valence-electron chi connectivity index (χ4n) is 1.81. The number of rotatable bonds is 4. The van der Waals surface area contributed by atoms with Gasteiger partial charge in [-0.1, -0.05) is 12.1 Å². The Bertz CT molecular complexity index is 587. The number of nitrogen functional groups attached to an aromatic ring is 1. The molecule has 0 spiro atoms. The van der Waals surface area contributed by atoms with E-state index in [1.54, 1.807) is 20.0 Å². The Hall–Kier alpha value is -2.31. The smallest absolute Gasteiger partial charge is 0.276 e. The highest BCUT2D eigenvalue weighted by atomic mass is 16.5. The SMILES string of the molecule is CCc1[nH]nc(C(=O)N(C)Cc2cc(C)on2)c1N. The molecule has 7 heteroatoms. The van der Waals surface area contributed by atoms with Gasteiger partial charge >= 0.3 is 0 Å². The monoisotopic (exact) mass is 263 g/mol. The van der Waals surface area contributed by atoms with E-state index >= 15 is 0 Å². The molecule has 2 aromatic heterocycles. The van der Waals surface area contributed by atoms with Gasteiger partial charge in [-0.25, -0.2) is 0 Å². The van der Waals surface area contributed by atoms with Crippen LogP contribution >= 0.6 is 0 Å². The largest absolute Gasteiger partial charge is 0.395 e. The Balaban J connectivity index is 2.12. The Morgan fingerprint density at radius 2 is 2.32 bits per heavy atom. The number of nitrogens with two attached hydrogens (primary N) is 1. The van der Waals surface area contributed by atoms with Crippen molar-refractivity contribution in [1.29, 1.82) is 0 Å². The highest BCUT2D eigenvalue weighted by Gasteiger charge is 2.20. The zero-order valence-corrected chi connectivity index (χ0v) is 11.2. The molecule has 3 N–H and O–H groups in total. The number of nitrogens with one attached hydrogen (secondary N) is 1. The summed E-state index contributed by atoms with van der Waals surface area (Å²) in [5, 5.41) is 10.6. The molecule has 0 bridgehead atoms. The number of amides is 1. The van der Waals surface area contributed by atoms with E-state index in [0.717, 1.165) is 5.69 Å². The van der Waals surface area contributed by atoms with Gasteiger partial charge in [-0.15, -0.1) is 0 Å². The van der Waals surface area contributed by atoms with E-state index in [2.05, 4.69) is 15.4 Å². The molecular weight excluding hydrogens is 246 g/mol. The molecule has 0 unspecified atom stereocenters. The standard InChI is InChI=1S/C12H17N5O2/c1-4-9-10(13)11(15-14-9)12(18)17(3)6-8-5-7(2)19-16-8/h5H,4,6,13H2,1-3H3,(H,14,15). The predicted molar refractivity (Wildman–Crippen MR) is 69.4 cm³/mol. The summed E-state index contributed by atoms with van der Waals surface area (Å²) in [7, 11) is 1.67. The molecule has 0 aliphatic carbocycles. The molecular formula is C12H17N5O2. The molecule has 2 rings (SSSR count). The van der Waals surface area contributed by atoms with Crippen LogP contribution in [0.3, 0.4) is 0 Å². The Morgan fingerprint density at radius 1 is 1.58 bits per heavy atom. The predicted octanol–water partition coefficient (Wildman–Crippen LogP) is 1.12. The summed E-state index contributed by atoms with van der Waals surface area (Å²) >= 11 is 0. The van der Waals surface area contributed by atoms with Gasteiger partial charge in [-0.3, -0.25) is 9.89 Å². The summed E-state index contributed by atoms with van der Waals surface area (Å²) in [5.41, 5.74) is 8.00. The van der Waals surface area contributed by atoms with Crippen LogP contribution in [0.5, 0.6) is 0 Å². The molecule has 0 aliphatic heterocycles. The minimum Gasteiger partial charge on any atom is -0.395 e. The van der Waals surface area contributed by atoms with Crippen molar-refractivity contribution in [2.45, 2.75) is 26.8 Å². The van der Waals surface area contributed by atoms with E-state index in [0.29, 0.717) is 30.1 Å². The minimum absolute atomic E-state index is 0.242. The maximum Gasteiger partial charge on any atom is 0.276 e. The number of hydrogen-bond donors (Lipinski definition) is 2. The number of carbonyl (C=O) groups excluding carboxylic acids is 1. The molecule has 0 aliphatic rings. The van der Waals surface area contributed by atoms with Gasteiger partial charge in [0.2, 0.25) is 0 Å². The summed E-state index contributed by atoms with van der Waals surface area (Å²) in [6.07, 6.45) is 0.707. The first-order valence-corrected chi connectivity index (χ1v) is 6.03. The number of aromatic nitrogens is 3. The average molecular weight is 263 g/mol. The number of hydrogen-bond acceptors (Lipinski definition) is 5. The van der Waals surface area contributed by atoms with E-state index in [4.69, 9.17) is 10.3 Å². The van der Waals surface area contributed by atoms with Crippen molar-refractivity contribution in [1.82, 2.24) is 20.3 Å². The van der Waals surface area contributed by atoms with Crippen LogP contribution in [0.2, 0.25) is 0 Å². The van der Waals surface area contributed by atoms with E-state index in [1.165, 1.54) is 4.90 Å². The Labute approximate surface area is 110 Å². The van der Waals surface area contributed by atoms with Gasteiger partial charge in [0, 0.05) is 13.1 Å². The van der Waals surface area contributed by atoms with Crippen LogP contribution in [-0.4, -0.2) is 33.2 Å². The topological polar surface area (TPSA) is 101 Å². The lowest BCUT2D eigenvalue weighted by molar-refractivity contribution is 0.0777. The third kappa shape index (κ3) is 2.59. The van der Waals surface area contributed by atoms with Gasteiger partial charge in [-0.2, -0.15) is 5.10 Å². The first-order chi connectivity index (χ1) is 9.02. The number of nitrogens with zero attached hydrogens (tertiary/aromatic N) is 3. The number of aromatic amines is 1. The van der Waals surface area contributed by atoms with Crippen LogP contribution in [0.25, 0.3) is 0 Å². The van der Waals surface area contributed by atoms with Crippen LogP contribution in [-0.2, 0) is 13.0 Å². The van der Waals surface area contributed by atoms with Gasteiger partial charge < -0.3 is 15.2 Å². The molecule has 102 valence electrons. The number of anilines is 1. The quantitative estimate of drug-likeness (QED) is 0.860. The third-order valence-corrected chi connectivity index (χ3v) is 2.86. The lowest BCUT2D eigenvalue weighted by atomic mass is 10.2. The second kappa shape index (κ2) is 5.13. The summed E-state index contributed by atoms with van der Waals surface area (Å²) in [6, 6.07) is 1.79. The minimum atomic E-state index is -0.242. The molecule has 2 heterocycles. The van der Waals surface area contributed by atoms with Crippen LogP contribution < -0.4 is 5.73 Å². The van der Waals surface area contributed by atoms with Crippen LogP contribution in [0.1, 0.15) is 34.6 Å². The molecule has 7 nitrogen and oxygen atoms in total. The van der Waals surface area contributed by atoms with Crippen LogP contribution in [0.15, 0.2) is 10.6 Å². The van der Waals surface area contributed by atoms with Crippen LogP contribution in [0.4, 0.5) is 5.69 Å². The summed E-state index contributed by atoms with van der Waals surface area (Å²) < 4.78 is 4.96. The van der Waals surface area contributed by atoms with E-state index in [1.807, 2.05) is 6.92 Å². The first kappa shape index (κ1) is 13.1. The van der Waals surface area contributed by atoms with Gasteiger partial charge in [0.05, 0.1) is 17.9 Å². The Morgan fingerprint density at radius 3 is 2.84 bits per heavy atom. The third-order valence-electron chi connectivity index (χ3n) is 2.86. The van der Waals surface area contributed by atoms with Crippen molar-refractivity contribution in [2.24, 2.45) is 0 Å². The zero-order chi connectivity index (χ0) is 14.0. The van der Waals surface area contributed by atoms with Gasteiger partial charge in [0.25, 0.3) is 5.91 Å². The van der Waals surface area contributed by atoms with Gasteiger partial charge in [0.1, 0.15) is 11.5 Å². The molecule has 0 saturated carbocycles. The van der Waals surface area contributed by atoms with E-state index < -0.39 is 0 Å². The lowest BCUT2D eigenvalue weighted by Crippen LogP contribution is -2.27. The maximum atomic E-state index is 12.2. The average Bonchev–Trinajstić information content (AvgIpc) is 2.94. The molecule has 0 atom stereocenters. The van der Waals surface area contributed by atoms with Crippen LogP contribution in [0, 0.1) is 6.92 Å². The zero-order valence-electron chi connectivity index (χ0n) is 11.2. The van der Waals surface area contributed by atoms with Crippen molar-refractivity contribution in [3.63, 3.8) is 0 Å². The maximum absolute atomic E-state index is 12.2. The lowest BCUT2D eigenvalue weighted by Gasteiger charge is -2.14. The fourth-order valence-corrected chi connectivity index (χ4v) is 1.81. The van der Waals surface area contributed by atoms with Crippen molar-refractivity contribution in [3.05, 3.63) is 28.9 Å². The number of carbonyl (C=O) groups is 1. The molecule has 1 amide bonds. The molecule has 0 aromatic carbocycles. The summed E-state index contributed by atoms with van der Waals surface area (Å²) in [4.78, 5) is 13.7. The Kier molecular flexibility index (Phi) is 3.55. The summed E-state index contributed by atoms with van der Waals surface area (Å²) in [5.74, 6) is 0.470. The van der Waals surface area contributed by atoms with Crippen molar-refractivity contribution < 1.29 is 9.32 Å². The van der Waals surface area contributed by atoms with Gasteiger partial charge in [-0.05, 0) is 13.3 Å². The second-order valence-electron chi connectivity index (χ2n) is 4.41. The molecule has 0 saturated heterocycles. The molecule has 19 heavy (non-hydrogen) atoms. The molecule has 0 radical (unpaired) electrons. The van der Waals surface area contributed by atoms with Crippen molar-refractivity contribution in [2.75, 3.05) is 12.8 Å². The summed E-state index contributed by atoms with van der Waals surface area (Å²) in [6.45, 7) is 4.10. The number of H-pyrrole nitrogens is 1. The highest BCUT2D eigenvalue weighted by Crippen LogP contribution is 2.17. The fraction of sp³-hybridized carbons (Fsp3) is 0.417. The second-order valence-corrected chi connectivity index (χ2v) is 4.41. The highest BCUT2D eigenvalue weighted by molar-refractivity contribution is 5.97. The van der Waals surface area contributed by atoms with E-state index in [-0.39, 0.29) is 11.6 Å². The normalized spacial score (nSPS) is 10.7. The number of aryl methyl sites for hydroxylation is 2.